The Kier molecular flexibility index (Phi) is 4.30. The second-order valence-corrected chi connectivity index (χ2v) is 5.86. The molecule has 1 saturated heterocycles. The summed E-state index contributed by atoms with van der Waals surface area (Å²) in [5.74, 6) is 3.53. The van der Waals surface area contributed by atoms with E-state index in [9.17, 15) is 0 Å². The van der Waals surface area contributed by atoms with Gasteiger partial charge in [-0.3, -0.25) is 0 Å². The van der Waals surface area contributed by atoms with Crippen LogP contribution in [0.4, 0.5) is 0 Å². The quantitative estimate of drug-likeness (QED) is 0.861. The third-order valence-corrected chi connectivity index (χ3v) is 4.63. The molecule has 0 bridgehead atoms. The molecule has 1 heterocycles. The van der Waals surface area contributed by atoms with Gasteiger partial charge >= 0.3 is 0 Å². The van der Waals surface area contributed by atoms with Gasteiger partial charge in [0.2, 0.25) is 0 Å². The number of rotatable bonds is 4. The van der Waals surface area contributed by atoms with Crippen molar-refractivity contribution < 1.29 is 0 Å². The fraction of sp³-hybridized carbons (Fsp3) is 0.571. The summed E-state index contributed by atoms with van der Waals surface area (Å²) >= 11 is 2.10. The van der Waals surface area contributed by atoms with E-state index in [0.717, 1.165) is 5.92 Å². The highest BCUT2D eigenvalue weighted by atomic mass is 32.2. The van der Waals surface area contributed by atoms with Crippen LogP contribution in [0, 0.1) is 12.8 Å². The summed E-state index contributed by atoms with van der Waals surface area (Å²) in [7, 11) is 2.10. The van der Waals surface area contributed by atoms with Gasteiger partial charge < -0.3 is 5.32 Å². The first-order valence-corrected chi connectivity index (χ1v) is 7.25. The van der Waals surface area contributed by atoms with Crippen molar-refractivity contribution in [2.45, 2.75) is 25.8 Å². The third kappa shape index (κ3) is 3.02. The lowest BCUT2D eigenvalue weighted by Crippen LogP contribution is -2.35. The Morgan fingerprint density at radius 1 is 1.50 bits per heavy atom. The molecule has 0 amide bonds. The smallest absolute Gasteiger partial charge is 0.0141 e. The zero-order valence-corrected chi connectivity index (χ0v) is 11.0. The maximum atomic E-state index is 3.50. The largest absolute Gasteiger partial charge is 0.316 e. The molecule has 0 spiro atoms. The molecule has 2 heteroatoms. The first kappa shape index (κ1) is 12.0. The molecule has 0 aromatic heterocycles. The lowest BCUT2D eigenvalue weighted by molar-refractivity contribution is 0.404. The van der Waals surface area contributed by atoms with Crippen LogP contribution in [0.25, 0.3) is 0 Å². The van der Waals surface area contributed by atoms with Crippen LogP contribution in [0.1, 0.15) is 17.5 Å². The maximum Gasteiger partial charge on any atom is 0.0141 e. The fourth-order valence-corrected chi connectivity index (χ4v) is 3.81. The molecule has 2 atom stereocenters. The molecule has 1 aliphatic rings. The summed E-state index contributed by atoms with van der Waals surface area (Å²) in [6.07, 6.45) is 2.55. The zero-order chi connectivity index (χ0) is 11.4. The van der Waals surface area contributed by atoms with Crippen LogP contribution in [-0.4, -0.2) is 24.6 Å². The third-order valence-electron chi connectivity index (χ3n) is 3.44. The summed E-state index contributed by atoms with van der Waals surface area (Å²) < 4.78 is 0. The molecular formula is C14H21NS. The number of likely N-dealkylation sites (N-methyl/N-ethyl adjacent to an activating group) is 1. The number of thioether (sulfide) groups is 1. The highest BCUT2D eigenvalue weighted by molar-refractivity contribution is 7.99. The number of benzene rings is 1. The van der Waals surface area contributed by atoms with Gasteiger partial charge in [0.1, 0.15) is 0 Å². The van der Waals surface area contributed by atoms with E-state index < -0.39 is 0 Å². The van der Waals surface area contributed by atoms with Crippen molar-refractivity contribution in [2.75, 3.05) is 18.6 Å². The van der Waals surface area contributed by atoms with E-state index in [1.54, 1.807) is 0 Å². The molecule has 16 heavy (non-hydrogen) atoms. The van der Waals surface area contributed by atoms with Gasteiger partial charge in [-0.05, 0) is 49.8 Å². The van der Waals surface area contributed by atoms with E-state index in [2.05, 4.69) is 55.3 Å². The van der Waals surface area contributed by atoms with Crippen LogP contribution in [-0.2, 0) is 6.42 Å². The minimum absolute atomic E-state index is 0.650. The van der Waals surface area contributed by atoms with E-state index >= 15 is 0 Å². The Morgan fingerprint density at radius 2 is 2.38 bits per heavy atom. The number of aryl methyl sites for hydroxylation is 1. The fourth-order valence-electron chi connectivity index (χ4n) is 2.47. The molecule has 1 aromatic rings. The summed E-state index contributed by atoms with van der Waals surface area (Å²) in [6.45, 7) is 2.17. The van der Waals surface area contributed by atoms with Crippen molar-refractivity contribution in [1.82, 2.24) is 5.32 Å². The molecule has 2 unspecified atom stereocenters. The lowest BCUT2D eigenvalue weighted by atomic mass is 9.93. The van der Waals surface area contributed by atoms with Crippen LogP contribution in [0.5, 0.6) is 0 Å². The van der Waals surface area contributed by atoms with E-state index in [4.69, 9.17) is 0 Å². The average molecular weight is 235 g/mol. The average Bonchev–Trinajstić information content (AvgIpc) is 2.79. The number of hydrogen-bond donors (Lipinski definition) is 1. The highest BCUT2D eigenvalue weighted by Gasteiger charge is 2.24. The minimum atomic E-state index is 0.650. The summed E-state index contributed by atoms with van der Waals surface area (Å²) in [4.78, 5) is 0. The van der Waals surface area contributed by atoms with E-state index in [-0.39, 0.29) is 0 Å². The first-order chi connectivity index (χ1) is 7.79. The Hall–Kier alpha value is -0.470. The van der Waals surface area contributed by atoms with E-state index in [1.165, 1.54) is 35.5 Å². The highest BCUT2D eigenvalue weighted by Crippen LogP contribution is 2.27. The van der Waals surface area contributed by atoms with Crippen molar-refractivity contribution in [3.05, 3.63) is 35.4 Å². The lowest BCUT2D eigenvalue weighted by Gasteiger charge is -2.22. The van der Waals surface area contributed by atoms with Gasteiger partial charge in [-0.15, -0.1) is 0 Å². The van der Waals surface area contributed by atoms with Gasteiger partial charge in [-0.1, -0.05) is 29.8 Å². The molecule has 1 aromatic carbocycles. The molecule has 2 rings (SSSR count). The monoisotopic (exact) mass is 235 g/mol. The zero-order valence-electron chi connectivity index (χ0n) is 10.2. The van der Waals surface area contributed by atoms with Gasteiger partial charge in [0, 0.05) is 6.04 Å². The van der Waals surface area contributed by atoms with Crippen LogP contribution < -0.4 is 5.32 Å². The molecule has 1 aliphatic heterocycles. The number of nitrogens with one attached hydrogen (secondary N) is 1. The Balaban J connectivity index is 2.00. The topological polar surface area (TPSA) is 12.0 Å². The first-order valence-electron chi connectivity index (χ1n) is 6.10. The van der Waals surface area contributed by atoms with Crippen molar-refractivity contribution in [2.24, 2.45) is 5.92 Å². The summed E-state index contributed by atoms with van der Waals surface area (Å²) in [5, 5.41) is 3.50. The number of hydrogen-bond acceptors (Lipinski definition) is 2. The molecule has 0 radical (unpaired) electrons. The molecule has 1 nitrogen and oxygen atoms in total. The van der Waals surface area contributed by atoms with Crippen molar-refractivity contribution in [3.8, 4) is 0 Å². The molecular weight excluding hydrogens is 214 g/mol. The van der Waals surface area contributed by atoms with Crippen LogP contribution in [0.2, 0.25) is 0 Å². The van der Waals surface area contributed by atoms with Crippen LogP contribution in [0.3, 0.4) is 0 Å². The molecule has 0 aliphatic carbocycles. The molecule has 1 fully saturated rings. The second kappa shape index (κ2) is 5.74. The molecule has 1 N–H and O–H groups in total. The SMILES string of the molecule is CNC(Cc1cccc(C)c1)C1CCSC1. The summed E-state index contributed by atoms with van der Waals surface area (Å²) in [6, 6.07) is 9.55. The standard InChI is InChI=1S/C14H21NS/c1-11-4-3-5-12(8-11)9-14(15-2)13-6-7-16-10-13/h3-5,8,13-15H,6-7,9-10H2,1-2H3. The second-order valence-electron chi connectivity index (χ2n) is 4.71. The normalized spacial score (nSPS) is 22.2. The Labute approximate surface area is 103 Å². The molecule has 0 saturated carbocycles. The van der Waals surface area contributed by atoms with Gasteiger partial charge in [0.25, 0.3) is 0 Å². The van der Waals surface area contributed by atoms with Gasteiger partial charge in [-0.2, -0.15) is 11.8 Å². The van der Waals surface area contributed by atoms with Crippen molar-refractivity contribution >= 4 is 11.8 Å². The molecule has 88 valence electrons. The predicted octanol–water partition coefficient (Wildman–Crippen LogP) is 2.88. The Morgan fingerprint density at radius 3 is 3.00 bits per heavy atom. The maximum absolute atomic E-state index is 3.50. The minimum Gasteiger partial charge on any atom is -0.316 e. The van der Waals surface area contributed by atoms with Crippen molar-refractivity contribution in [1.29, 1.82) is 0 Å². The van der Waals surface area contributed by atoms with E-state index in [0.29, 0.717) is 6.04 Å². The summed E-state index contributed by atoms with van der Waals surface area (Å²) in [5.41, 5.74) is 2.84. The van der Waals surface area contributed by atoms with Crippen LogP contribution in [0.15, 0.2) is 24.3 Å². The predicted molar refractivity (Wildman–Crippen MR) is 73.2 cm³/mol. The van der Waals surface area contributed by atoms with Gasteiger partial charge in [-0.25, -0.2) is 0 Å². The van der Waals surface area contributed by atoms with Gasteiger partial charge in [0.05, 0.1) is 0 Å². The van der Waals surface area contributed by atoms with Crippen molar-refractivity contribution in [3.63, 3.8) is 0 Å². The Bertz CT molecular complexity index is 331. The van der Waals surface area contributed by atoms with E-state index in [1.807, 2.05) is 0 Å². The van der Waals surface area contributed by atoms with Crippen LogP contribution >= 0.6 is 11.8 Å². The van der Waals surface area contributed by atoms with Gasteiger partial charge in [0.15, 0.2) is 0 Å².